The molecule has 1 heterocycles. The normalized spacial score (nSPS) is 13.0. The lowest BCUT2D eigenvalue weighted by atomic mass is 9.87. The van der Waals surface area contributed by atoms with Crippen LogP contribution in [0.15, 0.2) is 224 Å². The monoisotopic (exact) mass is 892 g/mol. The molecule has 0 spiro atoms. The van der Waals surface area contributed by atoms with E-state index in [1.807, 2.05) is 0 Å². The topological polar surface area (TPSA) is 6.48 Å². The summed E-state index contributed by atoms with van der Waals surface area (Å²) in [5, 5.41) is 14.8. The molecule has 0 amide bonds. The molecule has 0 aliphatic carbocycles. The van der Waals surface area contributed by atoms with Crippen LogP contribution in [0.25, 0.3) is 65.3 Å². The summed E-state index contributed by atoms with van der Waals surface area (Å²) in [5.74, 6) is 0. The van der Waals surface area contributed by atoms with Crippen molar-refractivity contribution in [2.45, 2.75) is 32.7 Å². The highest BCUT2D eigenvalue weighted by Gasteiger charge is 2.37. The summed E-state index contributed by atoms with van der Waals surface area (Å²) in [6.07, 6.45) is 0. The zero-order valence-corrected chi connectivity index (χ0v) is 40.8. The Labute approximate surface area is 396 Å². The summed E-state index contributed by atoms with van der Waals surface area (Å²) in [6.45, 7) is 12.3. The van der Waals surface area contributed by atoms with Crippen molar-refractivity contribution in [3.8, 4) is 22.3 Å². The third kappa shape index (κ3) is 6.90. The van der Waals surface area contributed by atoms with Gasteiger partial charge in [-0.05, 0) is 161 Å². The number of benzene rings is 11. The molecular formula is C63H52N2Si2. The lowest BCUT2D eigenvalue weighted by Gasteiger charge is -2.35. The van der Waals surface area contributed by atoms with Crippen LogP contribution in [-0.4, -0.2) is 16.1 Å². The summed E-state index contributed by atoms with van der Waals surface area (Å²) in [5.41, 5.74) is 12.1. The average Bonchev–Trinajstić information content (AvgIpc) is 3.36. The van der Waals surface area contributed by atoms with Crippen LogP contribution in [0.5, 0.6) is 0 Å². The molecule has 2 nitrogen and oxygen atoms in total. The molecule has 0 radical (unpaired) electrons. The molecular weight excluding hydrogens is 841 g/mol. The van der Waals surface area contributed by atoms with Gasteiger partial charge in [0.05, 0.1) is 8.07 Å². The molecule has 11 aromatic carbocycles. The van der Waals surface area contributed by atoms with Crippen LogP contribution in [0.1, 0.15) is 0 Å². The summed E-state index contributed by atoms with van der Waals surface area (Å²) in [6, 6.07) is 84.0. The van der Waals surface area contributed by atoms with E-state index in [2.05, 4.69) is 267 Å². The van der Waals surface area contributed by atoms with E-state index in [0.717, 1.165) is 22.7 Å². The summed E-state index contributed by atoms with van der Waals surface area (Å²) in [7, 11) is -3.65. The van der Waals surface area contributed by atoms with Gasteiger partial charge < -0.3 is 9.80 Å². The first-order valence-electron chi connectivity index (χ1n) is 23.6. The molecule has 0 aromatic heterocycles. The van der Waals surface area contributed by atoms with Gasteiger partial charge in [0.1, 0.15) is 8.07 Å². The summed E-state index contributed by atoms with van der Waals surface area (Å²) < 4.78 is 0. The van der Waals surface area contributed by atoms with E-state index in [0.29, 0.717) is 0 Å². The summed E-state index contributed by atoms with van der Waals surface area (Å²) >= 11 is 0. The maximum Gasteiger partial charge on any atom is 0.113 e. The molecule has 4 heteroatoms. The maximum atomic E-state index is 2.55. The van der Waals surface area contributed by atoms with Crippen LogP contribution in [0.4, 0.5) is 34.1 Å². The Hall–Kier alpha value is -7.51. The van der Waals surface area contributed by atoms with Crippen LogP contribution in [0.2, 0.25) is 32.7 Å². The van der Waals surface area contributed by atoms with Crippen molar-refractivity contribution >= 4 is 109 Å². The molecule has 0 N–H and O–H groups in total. The third-order valence-electron chi connectivity index (χ3n) is 14.3. The smallest absolute Gasteiger partial charge is 0.113 e. The van der Waals surface area contributed by atoms with Crippen molar-refractivity contribution in [1.29, 1.82) is 0 Å². The number of para-hydroxylation sites is 2. The van der Waals surface area contributed by atoms with E-state index in [1.165, 1.54) is 92.3 Å². The fourth-order valence-electron chi connectivity index (χ4n) is 10.9. The Kier molecular flexibility index (Phi) is 9.68. The van der Waals surface area contributed by atoms with Crippen LogP contribution in [0.3, 0.4) is 0 Å². The van der Waals surface area contributed by atoms with E-state index >= 15 is 0 Å². The standard InChI is InChI=1S/C63H52N2Si2/c1-66(2,3)52-36-33-49(34-37-52)64(46-19-8-6-9-20-46)48-30-28-44(29-31-48)57-41-59-56-25-16-26-61-63(56)60(42-58(59)54-24-15-14-23-53(54)57)55-38-35-51(40-62(55)67(61,4)5)65(47-21-10-7-11-22-47)50-32-27-43-17-12-13-18-45(43)39-50/h6-42H,1-5H3. The number of hydrogen-bond donors (Lipinski definition) is 0. The van der Waals surface area contributed by atoms with E-state index in [1.54, 1.807) is 0 Å². The Morgan fingerprint density at radius 2 is 0.836 bits per heavy atom. The first-order chi connectivity index (χ1) is 32.6. The zero-order valence-electron chi connectivity index (χ0n) is 38.8. The quantitative estimate of drug-likeness (QED) is 0.111. The SMILES string of the molecule is C[Si](C)(C)c1ccc(N(c2ccccc2)c2ccc(-c3cc4c5cccc6c5c(cc4c4ccccc34)-c3ccc(N(c4ccccc4)c4ccc5ccccc5c4)cc3[Si]6(C)C)cc2)cc1. The first-order valence-corrected chi connectivity index (χ1v) is 30.1. The van der Waals surface area contributed by atoms with E-state index in [4.69, 9.17) is 0 Å². The minimum atomic E-state index is -2.22. The van der Waals surface area contributed by atoms with Gasteiger partial charge in [-0.15, -0.1) is 0 Å². The van der Waals surface area contributed by atoms with E-state index < -0.39 is 16.1 Å². The highest BCUT2D eigenvalue weighted by molar-refractivity contribution is 7.03. The Balaban J connectivity index is 1.000. The Morgan fingerprint density at radius 3 is 1.52 bits per heavy atom. The number of hydrogen-bond acceptors (Lipinski definition) is 2. The average molecular weight is 893 g/mol. The Morgan fingerprint density at radius 1 is 0.328 bits per heavy atom. The summed E-state index contributed by atoms with van der Waals surface area (Å²) in [4.78, 5) is 4.81. The minimum absolute atomic E-state index is 1.14. The third-order valence-corrected chi connectivity index (χ3v) is 19.9. The highest BCUT2D eigenvalue weighted by Crippen LogP contribution is 2.45. The second-order valence-corrected chi connectivity index (χ2v) is 29.2. The fraction of sp³-hybridized carbons (Fsp3) is 0.0794. The van der Waals surface area contributed by atoms with Crippen molar-refractivity contribution in [2.24, 2.45) is 0 Å². The van der Waals surface area contributed by atoms with Crippen molar-refractivity contribution in [2.75, 3.05) is 9.80 Å². The van der Waals surface area contributed by atoms with Crippen LogP contribution >= 0.6 is 0 Å². The van der Waals surface area contributed by atoms with Gasteiger partial charge >= 0.3 is 0 Å². The van der Waals surface area contributed by atoms with Gasteiger partial charge in [0.25, 0.3) is 0 Å². The van der Waals surface area contributed by atoms with Crippen molar-refractivity contribution < 1.29 is 0 Å². The number of rotatable bonds is 8. The molecule has 0 fully saturated rings. The van der Waals surface area contributed by atoms with Crippen LogP contribution in [-0.2, 0) is 0 Å². The molecule has 0 saturated heterocycles. The second-order valence-electron chi connectivity index (χ2n) is 19.8. The molecule has 12 rings (SSSR count). The molecule has 0 saturated carbocycles. The number of fused-ring (bicyclic) bond motifs is 7. The lowest BCUT2D eigenvalue weighted by molar-refractivity contribution is 1.28. The molecule has 0 bridgehead atoms. The Bertz CT molecular complexity index is 3690. The number of nitrogens with zero attached hydrogens (tertiary/aromatic N) is 2. The van der Waals surface area contributed by atoms with Crippen molar-refractivity contribution in [3.63, 3.8) is 0 Å². The second kappa shape index (κ2) is 15.8. The molecule has 0 atom stereocenters. The van der Waals surface area contributed by atoms with E-state index in [-0.39, 0.29) is 0 Å². The first kappa shape index (κ1) is 41.0. The van der Waals surface area contributed by atoms with Crippen molar-refractivity contribution in [3.05, 3.63) is 224 Å². The lowest BCUT2D eigenvalue weighted by Crippen LogP contribution is -2.56. The largest absolute Gasteiger partial charge is 0.311 e. The van der Waals surface area contributed by atoms with Crippen LogP contribution < -0.4 is 25.4 Å². The van der Waals surface area contributed by atoms with Gasteiger partial charge in [0.15, 0.2) is 0 Å². The number of anilines is 6. The molecule has 11 aromatic rings. The van der Waals surface area contributed by atoms with E-state index in [9.17, 15) is 0 Å². The van der Waals surface area contributed by atoms with Gasteiger partial charge in [-0.3, -0.25) is 0 Å². The van der Waals surface area contributed by atoms with Gasteiger partial charge in [-0.2, -0.15) is 0 Å². The van der Waals surface area contributed by atoms with Gasteiger partial charge in [0, 0.05) is 34.1 Å². The highest BCUT2D eigenvalue weighted by atomic mass is 28.3. The van der Waals surface area contributed by atoms with Crippen molar-refractivity contribution in [1.82, 2.24) is 0 Å². The zero-order chi connectivity index (χ0) is 45.4. The molecule has 1 aliphatic heterocycles. The van der Waals surface area contributed by atoms with Gasteiger partial charge in [-0.1, -0.05) is 177 Å². The maximum absolute atomic E-state index is 2.55. The molecule has 1 aliphatic rings. The predicted molar refractivity (Wildman–Crippen MR) is 296 cm³/mol. The minimum Gasteiger partial charge on any atom is -0.311 e. The fourth-order valence-corrected chi connectivity index (χ4v) is 15.1. The van der Waals surface area contributed by atoms with Gasteiger partial charge in [-0.25, -0.2) is 0 Å². The molecule has 0 unspecified atom stereocenters. The predicted octanol–water partition coefficient (Wildman–Crippen LogP) is 16.3. The molecule has 67 heavy (non-hydrogen) atoms. The van der Waals surface area contributed by atoms with Crippen LogP contribution in [0, 0.1) is 0 Å². The molecule has 322 valence electrons. The van der Waals surface area contributed by atoms with Gasteiger partial charge in [0.2, 0.25) is 0 Å².